The Balaban J connectivity index is 1.63. The van der Waals surface area contributed by atoms with E-state index in [-0.39, 0.29) is 6.10 Å². The lowest BCUT2D eigenvalue weighted by Gasteiger charge is -2.30. The van der Waals surface area contributed by atoms with Gasteiger partial charge in [-0.15, -0.1) is 11.3 Å². The van der Waals surface area contributed by atoms with E-state index >= 15 is 0 Å². The van der Waals surface area contributed by atoms with Gasteiger partial charge in [0.05, 0.1) is 12.6 Å². The molecule has 19 heavy (non-hydrogen) atoms. The summed E-state index contributed by atoms with van der Waals surface area (Å²) >= 11 is 1.79. The van der Waals surface area contributed by atoms with Gasteiger partial charge in [-0.3, -0.25) is 0 Å². The normalized spacial score (nSPS) is 22.0. The third-order valence-electron chi connectivity index (χ3n) is 3.46. The Bertz CT molecular complexity index is 563. The molecule has 1 aliphatic carbocycles. The van der Waals surface area contributed by atoms with Crippen LogP contribution in [0.3, 0.4) is 0 Å². The van der Waals surface area contributed by atoms with Crippen LogP contribution in [0.4, 0.5) is 5.82 Å². The zero-order valence-corrected chi connectivity index (χ0v) is 11.7. The zero-order chi connectivity index (χ0) is 13.2. The first kappa shape index (κ1) is 12.6. The fourth-order valence-electron chi connectivity index (χ4n) is 2.28. The first-order chi connectivity index (χ1) is 9.20. The molecule has 0 spiro atoms. The fourth-order valence-corrected chi connectivity index (χ4v) is 3.11. The van der Waals surface area contributed by atoms with Gasteiger partial charge in [0.2, 0.25) is 0 Å². The summed E-state index contributed by atoms with van der Waals surface area (Å²) in [4.78, 5) is 11.2. The van der Waals surface area contributed by atoms with Gasteiger partial charge < -0.3 is 10.4 Å². The van der Waals surface area contributed by atoms with Gasteiger partial charge in [0, 0.05) is 27.4 Å². The first-order valence-corrected chi connectivity index (χ1v) is 7.31. The molecule has 2 aromatic heterocycles. The number of anilines is 1. The Hall–Kier alpha value is -1.46. The number of aliphatic hydroxyl groups is 1. The van der Waals surface area contributed by atoms with Crippen molar-refractivity contribution in [1.29, 1.82) is 0 Å². The third-order valence-corrected chi connectivity index (χ3v) is 4.46. The van der Waals surface area contributed by atoms with E-state index in [0.717, 1.165) is 30.9 Å². The van der Waals surface area contributed by atoms with Gasteiger partial charge in [0.15, 0.2) is 0 Å². The summed E-state index contributed by atoms with van der Waals surface area (Å²) in [6.45, 7) is 2.90. The van der Waals surface area contributed by atoms with Crippen LogP contribution in [0, 0.1) is 6.92 Å². The van der Waals surface area contributed by atoms with Crippen LogP contribution in [0.1, 0.15) is 34.2 Å². The Morgan fingerprint density at radius 1 is 1.37 bits per heavy atom. The molecule has 5 heteroatoms. The Kier molecular flexibility index (Phi) is 3.48. The van der Waals surface area contributed by atoms with E-state index in [1.165, 1.54) is 9.75 Å². The highest BCUT2D eigenvalue weighted by atomic mass is 32.1. The van der Waals surface area contributed by atoms with Gasteiger partial charge >= 0.3 is 0 Å². The molecule has 1 saturated carbocycles. The SMILES string of the molecule is Cc1ccc(CNc2cc(C3CC(O)C3)ncn2)s1. The van der Waals surface area contributed by atoms with E-state index in [4.69, 9.17) is 0 Å². The monoisotopic (exact) mass is 275 g/mol. The summed E-state index contributed by atoms with van der Waals surface area (Å²) in [5.41, 5.74) is 1.03. The summed E-state index contributed by atoms with van der Waals surface area (Å²) in [5, 5.41) is 12.7. The van der Waals surface area contributed by atoms with Gasteiger partial charge in [-0.2, -0.15) is 0 Å². The van der Waals surface area contributed by atoms with Crippen LogP contribution in [-0.4, -0.2) is 21.2 Å². The van der Waals surface area contributed by atoms with Gasteiger partial charge in [-0.25, -0.2) is 9.97 Å². The van der Waals surface area contributed by atoms with Crippen molar-refractivity contribution in [3.05, 3.63) is 40.0 Å². The van der Waals surface area contributed by atoms with Gasteiger partial charge in [0.1, 0.15) is 12.1 Å². The second kappa shape index (κ2) is 5.27. The Labute approximate surface area is 116 Å². The van der Waals surface area contributed by atoms with E-state index in [1.807, 2.05) is 6.07 Å². The molecule has 4 nitrogen and oxygen atoms in total. The molecule has 0 aromatic carbocycles. The highest BCUT2D eigenvalue weighted by Gasteiger charge is 2.29. The van der Waals surface area contributed by atoms with Crippen LogP contribution in [0.25, 0.3) is 0 Å². The number of thiophene rings is 1. The minimum atomic E-state index is -0.148. The maximum Gasteiger partial charge on any atom is 0.129 e. The quantitative estimate of drug-likeness (QED) is 0.900. The smallest absolute Gasteiger partial charge is 0.129 e. The summed E-state index contributed by atoms with van der Waals surface area (Å²) in [6.07, 6.45) is 3.09. The minimum Gasteiger partial charge on any atom is -0.393 e. The molecule has 0 aliphatic heterocycles. The van der Waals surface area contributed by atoms with Crippen LogP contribution in [0.5, 0.6) is 0 Å². The van der Waals surface area contributed by atoms with E-state index in [1.54, 1.807) is 17.7 Å². The van der Waals surface area contributed by atoms with E-state index < -0.39 is 0 Å². The maximum absolute atomic E-state index is 9.35. The number of nitrogens with zero attached hydrogens (tertiary/aromatic N) is 2. The molecule has 0 saturated heterocycles. The predicted octanol–water partition coefficient (Wildman–Crippen LogP) is 2.70. The molecule has 2 heterocycles. The molecule has 0 atom stereocenters. The molecule has 1 aliphatic rings. The summed E-state index contributed by atoms with van der Waals surface area (Å²) in [6, 6.07) is 6.26. The van der Waals surface area contributed by atoms with Crippen molar-refractivity contribution in [2.45, 2.75) is 38.3 Å². The molecule has 1 fully saturated rings. The first-order valence-electron chi connectivity index (χ1n) is 6.50. The molecular formula is C14H17N3OS. The molecule has 3 rings (SSSR count). The molecule has 0 unspecified atom stereocenters. The molecule has 2 aromatic rings. The maximum atomic E-state index is 9.35. The highest BCUT2D eigenvalue weighted by Crippen LogP contribution is 2.36. The van der Waals surface area contributed by atoms with Crippen molar-refractivity contribution in [2.75, 3.05) is 5.32 Å². The van der Waals surface area contributed by atoms with Crippen LogP contribution >= 0.6 is 11.3 Å². The van der Waals surface area contributed by atoms with Crippen molar-refractivity contribution >= 4 is 17.2 Å². The number of hydrogen-bond acceptors (Lipinski definition) is 5. The van der Waals surface area contributed by atoms with Gasteiger partial charge in [-0.1, -0.05) is 0 Å². The fraction of sp³-hybridized carbons (Fsp3) is 0.429. The van der Waals surface area contributed by atoms with Crippen LogP contribution < -0.4 is 5.32 Å². The summed E-state index contributed by atoms with van der Waals surface area (Å²) in [5.74, 6) is 1.25. The molecule has 100 valence electrons. The van der Waals surface area contributed by atoms with Crippen molar-refractivity contribution < 1.29 is 5.11 Å². The van der Waals surface area contributed by atoms with Crippen LogP contribution in [0.2, 0.25) is 0 Å². The lowest BCUT2D eigenvalue weighted by Crippen LogP contribution is -2.27. The molecule has 2 N–H and O–H groups in total. The third kappa shape index (κ3) is 2.93. The lowest BCUT2D eigenvalue weighted by molar-refractivity contribution is 0.0732. The van der Waals surface area contributed by atoms with Gasteiger partial charge in [-0.05, 0) is 31.9 Å². The minimum absolute atomic E-state index is 0.148. The summed E-state index contributed by atoms with van der Waals surface area (Å²) in [7, 11) is 0. The Morgan fingerprint density at radius 3 is 2.89 bits per heavy atom. The number of aryl methyl sites for hydroxylation is 1. The van der Waals surface area contributed by atoms with Crippen LogP contribution in [0.15, 0.2) is 24.5 Å². The second-order valence-corrected chi connectivity index (χ2v) is 6.39. The molecular weight excluding hydrogens is 258 g/mol. The lowest BCUT2D eigenvalue weighted by atomic mass is 9.80. The average Bonchev–Trinajstić information content (AvgIpc) is 2.79. The van der Waals surface area contributed by atoms with Crippen molar-refractivity contribution in [3.63, 3.8) is 0 Å². The standard InChI is InChI=1S/C14H17N3OS/c1-9-2-3-12(19-9)7-15-14-6-13(16-8-17-14)10-4-11(18)5-10/h2-3,6,8,10-11,18H,4-5,7H2,1H3,(H,15,16,17). The van der Waals surface area contributed by atoms with E-state index in [2.05, 4.69) is 34.3 Å². The molecule has 0 amide bonds. The van der Waals surface area contributed by atoms with E-state index in [0.29, 0.717) is 5.92 Å². The van der Waals surface area contributed by atoms with Crippen LogP contribution in [-0.2, 0) is 6.54 Å². The highest BCUT2D eigenvalue weighted by molar-refractivity contribution is 7.11. The number of hydrogen-bond donors (Lipinski definition) is 2. The number of aromatic nitrogens is 2. The zero-order valence-electron chi connectivity index (χ0n) is 10.8. The average molecular weight is 275 g/mol. The topological polar surface area (TPSA) is 58.0 Å². The largest absolute Gasteiger partial charge is 0.393 e. The van der Waals surface area contributed by atoms with E-state index in [9.17, 15) is 5.11 Å². The number of rotatable bonds is 4. The number of aliphatic hydroxyl groups excluding tert-OH is 1. The number of nitrogens with one attached hydrogen (secondary N) is 1. The predicted molar refractivity (Wildman–Crippen MR) is 76.4 cm³/mol. The molecule has 0 radical (unpaired) electrons. The van der Waals surface area contributed by atoms with Gasteiger partial charge in [0.25, 0.3) is 0 Å². The van der Waals surface area contributed by atoms with Crippen molar-refractivity contribution in [3.8, 4) is 0 Å². The van der Waals surface area contributed by atoms with Crippen molar-refractivity contribution in [1.82, 2.24) is 9.97 Å². The van der Waals surface area contributed by atoms with Crippen molar-refractivity contribution in [2.24, 2.45) is 0 Å². The second-order valence-electron chi connectivity index (χ2n) is 5.02. The Morgan fingerprint density at radius 2 is 2.21 bits per heavy atom. The summed E-state index contributed by atoms with van der Waals surface area (Å²) < 4.78 is 0. The molecule has 0 bridgehead atoms.